The smallest absolute Gasteiger partial charge is 0.335 e. The van der Waals surface area contributed by atoms with E-state index in [-0.39, 0.29) is 6.42 Å². The normalized spacial score (nSPS) is 14.6. The quantitative estimate of drug-likeness (QED) is 0.439. The summed E-state index contributed by atoms with van der Waals surface area (Å²) in [5.41, 5.74) is -2.32. The Bertz CT molecular complexity index is 271. The summed E-state index contributed by atoms with van der Waals surface area (Å²) in [5.74, 6) is -6.89. The first-order chi connectivity index (χ1) is 6.74. The predicted molar refractivity (Wildman–Crippen MR) is 46.3 cm³/mol. The highest BCUT2D eigenvalue weighted by Crippen LogP contribution is 2.21. The second-order valence-corrected chi connectivity index (χ2v) is 3.12. The number of carboxylic acids is 3. The van der Waals surface area contributed by atoms with Gasteiger partial charge in [-0.25, -0.2) is 4.79 Å². The fourth-order valence-corrected chi connectivity index (χ4v) is 1.00. The molecule has 1 atom stereocenters. The molecular weight excluding hydrogens is 208 g/mol. The molecule has 0 aromatic rings. The van der Waals surface area contributed by atoms with Gasteiger partial charge < -0.3 is 20.4 Å². The fourth-order valence-electron chi connectivity index (χ4n) is 1.00. The minimum absolute atomic E-state index is 0.264. The predicted octanol–water partition coefficient (Wildman–Crippen LogP) is -0.612. The number of aliphatic carboxylic acids is 3. The Morgan fingerprint density at radius 1 is 1.13 bits per heavy atom. The Balaban J connectivity index is 4.86. The number of hydrogen-bond donors (Lipinski definition) is 4. The zero-order chi connectivity index (χ0) is 12.2. The highest BCUT2D eigenvalue weighted by Gasteiger charge is 2.41. The molecule has 4 N–H and O–H groups in total. The van der Waals surface area contributed by atoms with Crippen LogP contribution >= 0.6 is 0 Å². The van der Waals surface area contributed by atoms with Gasteiger partial charge in [0.1, 0.15) is 0 Å². The van der Waals surface area contributed by atoms with E-state index in [0.29, 0.717) is 0 Å². The highest BCUT2D eigenvalue weighted by atomic mass is 16.4. The number of carboxylic acid groups (broad SMARTS) is 3. The molecule has 0 rings (SSSR count). The van der Waals surface area contributed by atoms with Crippen molar-refractivity contribution >= 4 is 17.9 Å². The van der Waals surface area contributed by atoms with Crippen LogP contribution in [0.5, 0.6) is 0 Å². The second kappa shape index (κ2) is 4.74. The maximum atomic E-state index is 10.6. The topological polar surface area (TPSA) is 132 Å². The zero-order valence-corrected chi connectivity index (χ0v) is 8.01. The molecule has 1 unspecified atom stereocenters. The molecule has 0 aromatic carbocycles. The van der Waals surface area contributed by atoms with E-state index in [1.54, 1.807) is 0 Å². The molecule has 86 valence electrons. The van der Waals surface area contributed by atoms with E-state index in [2.05, 4.69) is 0 Å². The summed E-state index contributed by atoms with van der Waals surface area (Å²) < 4.78 is 0. The maximum absolute atomic E-state index is 10.6. The van der Waals surface area contributed by atoms with Gasteiger partial charge in [0.25, 0.3) is 0 Å². The summed E-state index contributed by atoms with van der Waals surface area (Å²) in [5, 5.41) is 35.0. The molecule has 7 nitrogen and oxygen atoms in total. The van der Waals surface area contributed by atoms with Crippen LogP contribution in [-0.2, 0) is 14.4 Å². The van der Waals surface area contributed by atoms with Crippen molar-refractivity contribution in [2.45, 2.75) is 25.4 Å². The SMILES string of the molecule is CCC(O)(CC(C(=O)O)C(=O)O)C(=O)O. The van der Waals surface area contributed by atoms with Crippen molar-refractivity contribution in [3.05, 3.63) is 0 Å². The van der Waals surface area contributed by atoms with Gasteiger partial charge in [-0.1, -0.05) is 6.92 Å². The molecule has 0 saturated heterocycles. The van der Waals surface area contributed by atoms with Gasteiger partial charge in [-0.15, -0.1) is 0 Å². The molecule has 7 heteroatoms. The standard InChI is InChI=1S/C8H12O7/c1-2-8(15,7(13)14)3-4(5(9)10)6(11)12/h4,15H,2-3H2,1H3,(H,9,10)(H,11,12)(H,13,14). The van der Waals surface area contributed by atoms with Gasteiger partial charge in [0.15, 0.2) is 11.5 Å². The summed E-state index contributed by atoms with van der Waals surface area (Å²) in [6.07, 6.45) is -1.12. The molecule has 0 bridgehead atoms. The van der Waals surface area contributed by atoms with E-state index in [4.69, 9.17) is 15.3 Å². The second-order valence-electron chi connectivity index (χ2n) is 3.12. The lowest BCUT2D eigenvalue weighted by Gasteiger charge is -2.23. The van der Waals surface area contributed by atoms with E-state index < -0.39 is 35.8 Å². The third-order valence-electron chi connectivity index (χ3n) is 2.12. The van der Waals surface area contributed by atoms with Crippen LogP contribution in [0, 0.1) is 5.92 Å². The van der Waals surface area contributed by atoms with E-state index in [0.717, 1.165) is 0 Å². The van der Waals surface area contributed by atoms with E-state index >= 15 is 0 Å². The zero-order valence-electron chi connectivity index (χ0n) is 8.01. The third-order valence-corrected chi connectivity index (χ3v) is 2.12. The highest BCUT2D eigenvalue weighted by molar-refractivity contribution is 5.94. The van der Waals surface area contributed by atoms with Crippen LogP contribution in [0.3, 0.4) is 0 Å². The summed E-state index contributed by atoms with van der Waals surface area (Å²) in [6, 6.07) is 0. The van der Waals surface area contributed by atoms with Gasteiger partial charge in [-0.2, -0.15) is 0 Å². The molecule has 0 aliphatic heterocycles. The molecular formula is C8H12O7. The van der Waals surface area contributed by atoms with Crippen LogP contribution in [0.15, 0.2) is 0 Å². The Labute approximate surface area is 85.0 Å². The molecule has 0 aliphatic rings. The summed E-state index contributed by atoms with van der Waals surface area (Å²) in [6.45, 7) is 1.33. The summed E-state index contributed by atoms with van der Waals surface area (Å²) >= 11 is 0. The number of rotatable bonds is 6. The maximum Gasteiger partial charge on any atom is 0.335 e. The van der Waals surface area contributed by atoms with Crippen molar-refractivity contribution in [2.75, 3.05) is 0 Å². The molecule has 15 heavy (non-hydrogen) atoms. The minimum atomic E-state index is -2.32. The van der Waals surface area contributed by atoms with Crippen molar-refractivity contribution in [3.63, 3.8) is 0 Å². The first-order valence-corrected chi connectivity index (χ1v) is 4.16. The van der Waals surface area contributed by atoms with Crippen LogP contribution in [-0.4, -0.2) is 43.9 Å². The average molecular weight is 220 g/mol. The number of carbonyl (C=O) groups is 3. The largest absolute Gasteiger partial charge is 0.481 e. The van der Waals surface area contributed by atoms with Gasteiger partial charge in [0.2, 0.25) is 0 Å². The fraction of sp³-hybridized carbons (Fsp3) is 0.625. The van der Waals surface area contributed by atoms with Crippen LogP contribution in [0.1, 0.15) is 19.8 Å². The molecule has 0 saturated carbocycles. The summed E-state index contributed by atoms with van der Waals surface area (Å²) in [4.78, 5) is 31.5. The van der Waals surface area contributed by atoms with Gasteiger partial charge >= 0.3 is 17.9 Å². The van der Waals surface area contributed by atoms with Crippen molar-refractivity contribution in [1.82, 2.24) is 0 Å². The van der Waals surface area contributed by atoms with Crippen LogP contribution in [0.2, 0.25) is 0 Å². The van der Waals surface area contributed by atoms with Gasteiger partial charge in [-0.3, -0.25) is 9.59 Å². The van der Waals surface area contributed by atoms with Crippen LogP contribution < -0.4 is 0 Å². The van der Waals surface area contributed by atoms with Gasteiger partial charge in [-0.05, 0) is 6.42 Å². The Hall–Kier alpha value is -1.63. The molecule has 0 heterocycles. The van der Waals surface area contributed by atoms with E-state index in [1.165, 1.54) is 6.92 Å². The lowest BCUT2D eigenvalue weighted by atomic mass is 9.88. The first kappa shape index (κ1) is 13.4. The monoisotopic (exact) mass is 220 g/mol. The van der Waals surface area contributed by atoms with E-state index in [1.807, 2.05) is 0 Å². The molecule has 0 radical (unpaired) electrons. The molecule has 0 fully saturated rings. The van der Waals surface area contributed by atoms with E-state index in [9.17, 15) is 19.5 Å². The van der Waals surface area contributed by atoms with Crippen molar-refractivity contribution in [1.29, 1.82) is 0 Å². The molecule has 0 amide bonds. The lowest BCUT2D eigenvalue weighted by Crippen LogP contribution is -2.43. The molecule has 0 aromatic heterocycles. The minimum Gasteiger partial charge on any atom is -0.481 e. The Morgan fingerprint density at radius 2 is 1.53 bits per heavy atom. The lowest BCUT2D eigenvalue weighted by molar-refractivity contribution is -0.167. The number of hydrogen-bond acceptors (Lipinski definition) is 4. The van der Waals surface area contributed by atoms with Gasteiger partial charge in [0.05, 0.1) is 0 Å². The van der Waals surface area contributed by atoms with Crippen LogP contribution in [0.4, 0.5) is 0 Å². The van der Waals surface area contributed by atoms with Crippen molar-refractivity contribution < 1.29 is 34.8 Å². The molecule has 0 spiro atoms. The summed E-state index contributed by atoms with van der Waals surface area (Å²) in [7, 11) is 0. The van der Waals surface area contributed by atoms with Gasteiger partial charge in [0, 0.05) is 6.42 Å². The Kier molecular flexibility index (Phi) is 4.22. The van der Waals surface area contributed by atoms with Crippen molar-refractivity contribution in [3.8, 4) is 0 Å². The van der Waals surface area contributed by atoms with Crippen molar-refractivity contribution in [2.24, 2.45) is 5.92 Å². The average Bonchev–Trinajstić information content (AvgIpc) is 2.12. The molecule has 0 aliphatic carbocycles. The van der Waals surface area contributed by atoms with Crippen LogP contribution in [0.25, 0.3) is 0 Å². The number of aliphatic hydroxyl groups is 1. The Morgan fingerprint density at radius 3 is 1.73 bits per heavy atom. The third kappa shape index (κ3) is 3.21. The first-order valence-electron chi connectivity index (χ1n) is 4.16.